The van der Waals surface area contributed by atoms with Gasteiger partial charge in [0.2, 0.25) is 0 Å². The number of nitrogens with zero attached hydrogens (tertiary/aromatic N) is 9. The van der Waals surface area contributed by atoms with Crippen LogP contribution in [-0.2, 0) is 0 Å². The molecule has 0 aromatic heterocycles. The van der Waals surface area contributed by atoms with Crippen molar-refractivity contribution in [3.05, 3.63) is 0 Å². The molecule has 3 aliphatic heterocycles. The van der Waals surface area contributed by atoms with Crippen LogP contribution in [0.25, 0.3) is 0 Å². The molecule has 9 nitrogen and oxygen atoms in total. The monoisotopic (exact) mass is 616 g/mol. The number of likely N-dealkylation sites (N-methyl/N-ethyl adjacent to an activating group) is 3. The Bertz CT molecular complexity index is 800. The maximum atomic E-state index is 5.09. The molecule has 0 atom stereocenters. The Labute approximate surface area is 271 Å². The van der Waals surface area contributed by atoms with Crippen molar-refractivity contribution in [2.45, 2.75) is 48.5 Å². The summed E-state index contributed by atoms with van der Waals surface area (Å²) in [4.78, 5) is 30.3. The Kier molecular flexibility index (Phi) is 14.0. The van der Waals surface area contributed by atoms with Gasteiger partial charge in [-0.3, -0.25) is 29.7 Å². The summed E-state index contributed by atoms with van der Waals surface area (Å²) >= 11 is 0. The third kappa shape index (κ3) is 14.0. The SMILES string of the molecule is CN1CCN(CC(C)(C)C=NCC(C)(CN=CC(C)(C)CN2CCN(C)CC2)CN=CC(C)(C)CN2CCN(C)CC2)CC1. The fraction of sp³-hybridized carbons (Fsp3) is 0.914. The average molecular weight is 616 g/mol. The second-order valence-corrected chi connectivity index (χ2v) is 16.9. The van der Waals surface area contributed by atoms with Crippen LogP contribution in [0.3, 0.4) is 0 Å². The Hall–Kier alpha value is -1.23. The maximum absolute atomic E-state index is 5.09. The molecule has 44 heavy (non-hydrogen) atoms. The Balaban J connectivity index is 1.63. The minimum Gasteiger partial charge on any atom is -0.304 e. The van der Waals surface area contributed by atoms with Gasteiger partial charge in [-0.1, -0.05) is 48.5 Å². The molecule has 3 rings (SSSR count). The highest BCUT2D eigenvalue weighted by atomic mass is 15.3. The molecule has 3 saturated heterocycles. The third-order valence-electron chi connectivity index (χ3n) is 9.42. The zero-order valence-electron chi connectivity index (χ0n) is 30.5. The van der Waals surface area contributed by atoms with E-state index >= 15 is 0 Å². The van der Waals surface area contributed by atoms with Gasteiger partial charge in [-0.05, 0) is 21.1 Å². The van der Waals surface area contributed by atoms with Crippen molar-refractivity contribution in [2.75, 3.05) is 139 Å². The highest BCUT2D eigenvalue weighted by Crippen LogP contribution is 2.23. The molecule has 3 fully saturated rings. The summed E-state index contributed by atoms with van der Waals surface area (Å²) in [6.45, 7) is 35.4. The molecule has 0 N–H and O–H groups in total. The lowest BCUT2D eigenvalue weighted by molar-refractivity contribution is 0.131. The minimum absolute atomic E-state index is 0.0400. The molecular weight excluding hydrogens is 546 g/mol. The standard InChI is InChI=1S/C35H69N9/c1-32(2,29-42-17-11-39(8)12-18-42)23-36-26-35(7,27-37-24-33(3,4)30-43-19-13-40(9)14-20-43)28-38-25-34(5,6)31-44-21-15-41(10)16-22-44/h23-25H,11-22,26-31H2,1-10H3. The predicted molar refractivity (Wildman–Crippen MR) is 191 cm³/mol. The van der Waals surface area contributed by atoms with Crippen LogP contribution < -0.4 is 0 Å². The first-order valence-electron chi connectivity index (χ1n) is 17.3. The van der Waals surface area contributed by atoms with Crippen LogP contribution in [0.4, 0.5) is 0 Å². The lowest BCUT2D eigenvalue weighted by Crippen LogP contribution is -2.48. The van der Waals surface area contributed by atoms with E-state index in [9.17, 15) is 0 Å². The number of aliphatic imine (C=N–C) groups is 3. The van der Waals surface area contributed by atoms with E-state index in [1.54, 1.807) is 0 Å². The van der Waals surface area contributed by atoms with E-state index in [0.29, 0.717) is 0 Å². The summed E-state index contributed by atoms with van der Waals surface area (Å²) < 4.78 is 0. The van der Waals surface area contributed by atoms with Crippen LogP contribution in [0.2, 0.25) is 0 Å². The quantitative estimate of drug-likeness (QED) is 0.264. The first kappa shape index (κ1) is 37.2. The van der Waals surface area contributed by atoms with Gasteiger partial charge >= 0.3 is 0 Å². The summed E-state index contributed by atoms with van der Waals surface area (Å²) in [6, 6.07) is 0. The van der Waals surface area contributed by atoms with Gasteiger partial charge in [0, 0.05) is 158 Å². The summed E-state index contributed by atoms with van der Waals surface area (Å²) in [5.41, 5.74) is -0.00364. The molecule has 3 heterocycles. The minimum atomic E-state index is -0.124. The zero-order valence-corrected chi connectivity index (χ0v) is 30.5. The van der Waals surface area contributed by atoms with Crippen molar-refractivity contribution in [3.8, 4) is 0 Å². The first-order chi connectivity index (χ1) is 20.5. The fourth-order valence-corrected chi connectivity index (χ4v) is 6.56. The first-order valence-corrected chi connectivity index (χ1v) is 17.3. The Morgan fingerprint density at radius 2 is 0.636 bits per heavy atom. The van der Waals surface area contributed by atoms with E-state index < -0.39 is 0 Å². The Morgan fingerprint density at radius 3 is 0.864 bits per heavy atom. The van der Waals surface area contributed by atoms with Crippen molar-refractivity contribution in [3.63, 3.8) is 0 Å². The highest BCUT2D eigenvalue weighted by Gasteiger charge is 2.28. The number of rotatable bonds is 15. The molecule has 0 aliphatic carbocycles. The summed E-state index contributed by atoms with van der Waals surface area (Å²) in [6.07, 6.45) is 6.64. The molecular formula is C35H69N9. The molecule has 9 heteroatoms. The van der Waals surface area contributed by atoms with Crippen LogP contribution >= 0.6 is 0 Å². The second-order valence-electron chi connectivity index (χ2n) is 16.9. The molecule has 0 bridgehead atoms. The summed E-state index contributed by atoms with van der Waals surface area (Å²) in [5.74, 6) is 0. The normalized spacial score (nSPS) is 23.9. The van der Waals surface area contributed by atoms with E-state index in [0.717, 1.165) is 118 Å². The van der Waals surface area contributed by atoms with Gasteiger partial charge in [-0.15, -0.1) is 0 Å². The van der Waals surface area contributed by atoms with Crippen LogP contribution in [0.1, 0.15) is 48.5 Å². The van der Waals surface area contributed by atoms with E-state index in [1.807, 2.05) is 0 Å². The number of hydrogen-bond acceptors (Lipinski definition) is 9. The van der Waals surface area contributed by atoms with Crippen molar-refractivity contribution in [1.82, 2.24) is 29.4 Å². The molecule has 3 aliphatic rings. The maximum Gasteiger partial charge on any atom is 0.0474 e. The van der Waals surface area contributed by atoms with Gasteiger partial charge < -0.3 is 14.7 Å². The average Bonchev–Trinajstić information content (AvgIpc) is 2.92. The van der Waals surface area contributed by atoms with Gasteiger partial charge in [-0.2, -0.15) is 0 Å². The lowest BCUT2D eigenvalue weighted by atomic mass is 9.89. The molecule has 0 amide bonds. The molecule has 0 spiro atoms. The largest absolute Gasteiger partial charge is 0.304 e. The smallest absolute Gasteiger partial charge is 0.0474 e. The van der Waals surface area contributed by atoms with Gasteiger partial charge in [0.05, 0.1) is 0 Å². The summed E-state index contributed by atoms with van der Waals surface area (Å²) in [7, 11) is 6.66. The van der Waals surface area contributed by atoms with E-state index in [-0.39, 0.29) is 21.7 Å². The summed E-state index contributed by atoms with van der Waals surface area (Å²) in [5, 5.41) is 0. The van der Waals surface area contributed by atoms with Crippen LogP contribution in [0, 0.1) is 21.7 Å². The topological polar surface area (TPSA) is 56.5 Å². The number of hydrogen-bond donors (Lipinski definition) is 0. The van der Waals surface area contributed by atoms with Crippen molar-refractivity contribution < 1.29 is 0 Å². The molecule has 254 valence electrons. The predicted octanol–water partition coefficient (Wildman–Crippen LogP) is 3.03. The van der Waals surface area contributed by atoms with Gasteiger partial charge in [-0.25, -0.2) is 0 Å². The van der Waals surface area contributed by atoms with E-state index in [1.165, 1.54) is 0 Å². The van der Waals surface area contributed by atoms with E-state index in [4.69, 9.17) is 15.0 Å². The van der Waals surface area contributed by atoms with Gasteiger partial charge in [0.15, 0.2) is 0 Å². The molecule has 0 unspecified atom stereocenters. The van der Waals surface area contributed by atoms with Gasteiger partial charge in [0.25, 0.3) is 0 Å². The molecule has 0 aromatic carbocycles. The third-order valence-corrected chi connectivity index (χ3v) is 9.42. The lowest BCUT2D eigenvalue weighted by Gasteiger charge is -2.36. The molecule has 0 saturated carbocycles. The molecule has 0 radical (unpaired) electrons. The Morgan fingerprint density at radius 1 is 0.409 bits per heavy atom. The second kappa shape index (κ2) is 16.6. The zero-order chi connectivity index (χ0) is 32.4. The fourth-order valence-electron chi connectivity index (χ4n) is 6.56. The molecule has 0 aromatic rings. The van der Waals surface area contributed by atoms with Crippen LogP contribution in [0.5, 0.6) is 0 Å². The van der Waals surface area contributed by atoms with Crippen molar-refractivity contribution >= 4 is 18.6 Å². The van der Waals surface area contributed by atoms with Gasteiger partial charge in [0.1, 0.15) is 0 Å². The van der Waals surface area contributed by atoms with Crippen LogP contribution in [0.15, 0.2) is 15.0 Å². The van der Waals surface area contributed by atoms with Crippen molar-refractivity contribution in [1.29, 1.82) is 0 Å². The van der Waals surface area contributed by atoms with E-state index in [2.05, 4.69) is 118 Å². The van der Waals surface area contributed by atoms with Crippen LogP contribution in [-0.4, -0.2) is 187 Å². The van der Waals surface area contributed by atoms with Crippen molar-refractivity contribution in [2.24, 2.45) is 36.6 Å². The highest BCUT2D eigenvalue weighted by molar-refractivity contribution is 5.66. The number of piperazine rings is 3.